The van der Waals surface area contributed by atoms with Crippen LogP contribution in [0.5, 0.6) is 0 Å². The van der Waals surface area contributed by atoms with E-state index in [1.165, 1.54) is 0 Å². The zero-order chi connectivity index (χ0) is 15.0. The molecule has 0 saturated heterocycles. The number of benzene rings is 1. The molecule has 0 bridgehead atoms. The summed E-state index contributed by atoms with van der Waals surface area (Å²) < 4.78 is 0. The number of carboxylic acid groups (broad SMARTS) is 1. The topological polar surface area (TPSA) is 90.5 Å². The average Bonchev–Trinajstić information content (AvgIpc) is 2.36. The molecular formula is C14H21N3O3. The Bertz CT molecular complexity index is 463. The number of carbonyl (C=O) groups excluding carboxylic acids is 1. The molecule has 1 aromatic rings. The van der Waals surface area contributed by atoms with Crippen LogP contribution in [0.3, 0.4) is 0 Å². The van der Waals surface area contributed by atoms with Crippen LogP contribution in [-0.2, 0) is 11.3 Å². The molecule has 20 heavy (non-hydrogen) atoms. The van der Waals surface area contributed by atoms with Gasteiger partial charge in [-0.1, -0.05) is 19.1 Å². The number of hydrogen-bond acceptors (Lipinski definition) is 3. The lowest BCUT2D eigenvalue weighted by Crippen LogP contribution is -2.33. The fourth-order valence-corrected chi connectivity index (χ4v) is 1.78. The number of nitrogens with one attached hydrogen (secondary N) is 3. The van der Waals surface area contributed by atoms with Gasteiger partial charge in [-0.2, -0.15) is 0 Å². The lowest BCUT2D eigenvalue weighted by molar-refractivity contribution is -0.137. The third-order valence-corrected chi connectivity index (χ3v) is 2.70. The molecule has 1 aromatic carbocycles. The zero-order valence-electron chi connectivity index (χ0n) is 11.8. The van der Waals surface area contributed by atoms with Crippen LogP contribution in [0.2, 0.25) is 0 Å². The Morgan fingerprint density at radius 3 is 2.75 bits per heavy atom. The minimum Gasteiger partial charge on any atom is -0.481 e. The fraction of sp³-hybridized carbons (Fsp3) is 0.429. The lowest BCUT2D eigenvalue weighted by atomic mass is 10.1. The quantitative estimate of drug-likeness (QED) is 0.610. The number of rotatable bonds is 7. The van der Waals surface area contributed by atoms with Crippen molar-refractivity contribution in [2.24, 2.45) is 5.92 Å². The summed E-state index contributed by atoms with van der Waals surface area (Å²) in [4.78, 5) is 22.2. The Morgan fingerprint density at radius 2 is 2.10 bits per heavy atom. The summed E-state index contributed by atoms with van der Waals surface area (Å²) in [5, 5.41) is 17.1. The highest BCUT2D eigenvalue weighted by Crippen LogP contribution is 2.10. The predicted molar refractivity (Wildman–Crippen MR) is 77.6 cm³/mol. The molecule has 6 nitrogen and oxygen atoms in total. The highest BCUT2D eigenvalue weighted by Gasteiger charge is 2.09. The average molecular weight is 279 g/mol. The van der Waals surface area contributed by atoms with Crippen molar-refractivity contribution in [1.82, 2.24) is 10.6 Å². The fourth-order valence-electron chi connectivity index (χ4n) is 1.78. The van der Waals surface area contributed by atoms with E-state index in [9.17, 15) is 9.59 Å². The van der Waals surface area contributed by atoms with Crippen molar-refractivity contribution in [2.45, 2.75) is 19.9 Å². The van der Waals surface area contributed by atoms with E-state index < -0.39 is 5.97 Å². The molecular weight excluding hydrogens is 258 g/mol. The van der Waals surface area contributed by atoms with Gasteiger partial charge in [0.25, 0.3) is 0 Å². The number of amides is 2. The molecule has 6 heteroatoms. The SMILES string of the molecule is CNCc1cccc(NC(=O)NCC(C)CC(=O)O)c1. The Morgan fingerprint density at radius 1 is 1.35 bits per heavy atom. The summed E-state index contributed by atoms with van der Waals surface area (Å²) in [5.41, 5.74) is 1.78. The molecule has 2 amide bonds. The van der Waals surface area contributed by atoms with Crippen LogP contribution < -0.4 is 16.0 Å². The summed E-state index contributed by atoms with van der Waals surface area (Å²) >= 11 is 0. The van der Waals surface area contributed by atoms with Crippen LogP contribution in [0.4, 0.5) is 10.5 Å². The largest absolute Gasteiger partial charge is 0.481 e. The number of hydrogen-bond donors (Lipinski definition) is 4. The van der Waals surface area contributed by atoms with Gasteiger partial charge in [0.15, 0.2) is 0 Å². The van der Waals surface area contributed by atoms with E-state index in [-0.39, 0.29) is 18.4 Å². The molecule has 0 aliphatic carbocycles. The number of urea groups is 1. The molecule has 0 aliphatic rings. The summed E-state index contributed by atoms with van der Waals surface area (Å²) in [6.07, 6.45) is 0.0396. The van der Waals surface area contributed by atoms with Crippen LogP contribution in [0.15, 0.2) is 24.3 Å². The highest BCUT2D eigenvalue weighted by atomic mass is 16.4. The maximum Gasteiger partial charge on any atom is 0.319 e. The van der Waals surface area contributed by atoms with Crippen molar-refractivity contribution in [3.05, 3.63) is 29.8 Å². The third-order valence-electron chi connectivity index (χ3n) is 2.70. The first-order chi connectivity index (χ1) is 9.51. The van der Waals surface area contributed by atoms with Crippen molar-refractivity contribution >= 4 is 17.7 Å². The molecule has 1 atom stereocenters. The molecule has 0 saturated carbocycles. The first-order valence-electron chi connectivity index (χ1n) is 6.51. The second-order valence-electron chi connectivity index (χ2n) is 4.77. The number of carbonyl (C=O) groups is 2. The van der Waals surface area contributed by atoms with Crippen LogP contribution in [0.25, 0.3) is 0 Å². The molecule has 0 aromatic heterocycles. The van der Waals surface area contributed by atoms with Crippen molar-refractivity contribution in [1.29, 1.82) is 0 Å². The van der Waals surface area contributed by atoms with Gasteiger partial charge in [-0.15, -0.1) is 0 Å². The molecule has 110 valence electrons. The van der Waals surface area contributed by atoms with E-state index in [1.54, 1.807) is 13.0 Å². The molecule has 0 radical (unpaired) electrons. The lowest BCUT2D eigenvalue weighted by Gasteiger charge is -2.12. The van der Waals surface area contributed by atoms with Gasteiger partial charge in [-0.25, -0.2) is 4.79 Å². The van der Waals surface area contributed by atoms with Crippen LogP contribution in [0.1, 0.15) is 18.9 Å². The molecule has 0 heterocycles. The monoisotopic (exact) mass is 279 g/mol. The number of carboxylic acids is 1. The van der Waals surface area contributed by atoms with Gasteiger partial charge in [0.05, 0.1) is 0 Å². The summed E-state index contributed by atoms with van der Waals surface area (Å²) in [6, 6.07) is 7.20. The highest BCUT2D eigenvalue weighted by molar-refractivity contribution is 5.89. The maximum atomic E-state index is 11.7. The van der Waals surface area contributed by atoms with Gasteiger partial charge in [-0.3, -0.25) is 4.79 Å². The van der Waals surface area contributed by atoms with E-state index in [0.717, 1.165) is 12.1 Å². The minimum absolute atomic E-state index is 0.0396. The maximum absolute atomic E-state index is 11.7. The van der Waals surface area contributed by atoms with Crippen LogP contribution in [0, 0.1) is 5.92 Å². The Kier molecular flexibility index (Phi) is 6.52. The van der Waals surface area contributed by atoms with Gasteiger partial charge in [0.2, 0.25) is 0 Å². The first-order valence-corrected chi connectivity index (χ1v) is 6.51. The zero-order valence-corrected chi connectivity index (χ0v) is 11.8. The smallest absolute Gasteiger partial charge is 0.319 e. The van der Waals surface area contributed by atoms with Crippen LogP contribution in [-0.4, -0.2) is 30.7 Å². The van der Waals surface area contributed by atoms with Gasteiger partial charge < -0.3 is 21.1 Å². The standard InChI is InChI=1S/C14H21N3O3/c1-10(6-13(18)19)8-16-14(20)17-12-5-3-4-11(7-12)9-15-2/h3-5,7,10,15H,6,8-9H2,1-2H3,(H,18,19)(H2,16,17,20). The predicted octanol–water partition coefficient (Wildman–Crippen LogP) is 1.64. The Hall–Kier alpha value is -2.08. The van der Waals surface area contributed by atoms with Crippen molar-refractivity contribution in [3.63, 3.8) is 0 Å². The normalized spacial score (nSPS) is 11.7. The van der Waals surface area contributed by atoms with E-state index in [1.807, 2.05) is 25.2 Å². The number of aliphatic carboxylic acids is 1. The molecule has 1 unspecified atom stereocenters. The molecule has 0 aliphatic heterocycles. The summed E-state index contributed by atoms with van der Waals surface area (Å²) in [5.74, 6) is -0.964. The molecule has 0 spiro atoms. The van der Waals surface area contributed by atoms with E-state index in [4.69, 9.17) is 5.11 Å². The second-order valence-corrected chi connectivity index (χ2v) is 4.77. The van der Waals surface area contributed by atoms with E-state index >= 15 is 0 Å². The van der Waals surface area contributed by atoms with Crippen molar-refractivity contribution in [2.75, 3.05) is 18.9 Å². The Balaban J connectivity index is 2.42. The summed E-state index contributed by atoms with van der Waals surface area (Å²) in [7, 11) is 1.86. The molecule has 4 N–H and O–H groups in total. The first kappa shape index (κ1) is 16.0. The van der Waals surface area contributed by atoms with Crippen LogP contribution >= 0.6 is 0 Å². The van der Waals surface area contributed by atoms with Gasteiger partial charge in [0.1, 0.15) is 0 Å². The van der Waals surface area contributed by atoms with Crippen molar-refractivity contribution < 1.29 is 14.7 Å². The third kappa shape index (κ3) is 6.19. The number of anilines is 1. The second kappa shape index (κ2) is 8.16. The Labute approximate surface area is 118 Å². The molecule has 1 rings (SSSR count). The van der Waals surface area contributed by atoms with E-state index in [2.05, 4.69) is 16.0 Å². The molecule has 0 fully saturated rings. The van der Waals surface area contributed by atoms with Gasteiger partial charge >= 0.3 is 12.0 Å². The van der Waals surface area contributed by atoms with E-state index in [0.29, 0.717) is 12.2 Å². The summed E-state index contributed by atoms with van der Waals surface area (Å²) in [6.45, 7) is 2.84. The van der Waals surface area contributed by atoms with Crippen molar-refractivity contribution in [3.8, 4) is 0 Å². The van der Waals surface area contributed by atoms with Gasteiger partial charge in [-0.05, 0) is 30.7 Å². The van der Waals surface area contributed by atoms with Gasteiger partial charge in [0, 0.05) is 25.2 Å². The minimum atomic E-state index is -0.862.